The zero-order valence-electron chi connectivity index (χ0n) is 11.1. The summed E-state index contributed by atoms with van der Waals surface area (Å²) in [6.07, 6.45) is 0. The van der Waals surface area contributed by atoms with Crippen LogP contribution in [-0.4, -0.2) is 26.3 Å². The normalized spacial score (nSPS) is 10.5. The smallest absolute Gasteiger partial charge is 0.269 e. The fraction of sp³-hybridized carbons (Fsp3) is 0.0714. The van der Waals surface area contributed by atoms with Gasteiger partial charge in [0.2, 0.25) is 0 Å². The van der Waals surface area contributed by atoms with Crippen LogP contribution in [0.2, 0.25) is 0 Å². The first-order chi connectivity index (χ1) is 10.2. The van der Waals surface area contributed by atoms with Crippen molar-refractivity contribution in [2.45, 2.75) is 6.54 Å². The molecule has 7 heteroatoms. The van der Waals surface area contributed by atoms with E-state index in [1.54, 1.807) is 0 Å². The number of amides is 1. The minimum atomic E-state index is -0.268. The van der Waals surface area contributed by atoms with Crippen LogP contribution in [0, 0.1) is 0 Å². The van der Waals surface area contributed by atoms with Crippen LogP contribution in [0.25, 0.3) is 11.3 Å². The summed E-state index contributed by atoms with van der Waals surface area (Å²) in [6.45, 7) is 0.345. The van der Waals surface area contributed by atoms with Crippen LogP contribution in [0.15, 0.2) is 42.5 Å². The number of aromatic amines is 2. The van der Waals surface area contributed by atoms with Crippen molar-refractivity contribution in [2.75, 3.05) is 5.73 Å². The van der Waals surface area contributed by atoms with Gasteiger partial charge in [0.25, 0.3) is 5.91 Å². The van der Waals surface area contributed by atoms with E-state index in [1.807, 2.05) is 36.4 Å². The molecule has 2 aromatic heterocycles. The van der Waals surface area contributed by atoms with Crippen molar-refractivity contribution in [3.05, 3.63) is 53.9 Å². The summed E-state index contributed by atoms with van der Waals surface area (Å²) >= 11 is 0. The maximum Gasteiger partial charge on any atom is 0.269 e. The van der Waals surface area contributed by atoms with Crippen molar-refractivity contribution in [1.82, 2.24) is 25.7 Å². The lowest BCUT2D eigenvalue weighted by Gasteiger charge is -2.00. The van der Waals surface area contributed by atoms with E-state index in [-0.39, 0.29) is 11.7 Å². The Kier molecular flexibility index (Phi) is 3.38. The molecule has 0 bridgehead atoms. The third-order valence-corrected chi connectivity index (χ3v) is 2.98. The van der Waals surface area contributed by atoms with Gasteiger partial charge in [0.15, 0.2) is 0 Å². The highest BCUT2D eigenvalue weighted by molar-refractivity contribution is 5.92. The Bertz CT molecular complexity index is 746. The summed E-state index contributed by atoms with van der Waals surface area (Å²) in [5.74, 6) is 0.0168. The van der Waals surface area contributed by atoms with E-state index >= 15 is 0 Å². The maximum atomic E-state index is 11.8. The summed E-state index contributed by atoms with van der Waals surface area (Å²) in [4.78, 5) is 11.8. The number of benzene rings is 1. The zero-order chi connectivity index (χ0) is 14.7. The quantitative estimate of drug-likeness (QED) is 0.578. The number of nitrogens with one attached hydrogen (secondary N) is 3. The molecule has 106 valence electrons. The van der Waals surface area contributed by atoms with Gasteiger partial charge in [0.05, 0.1) is 17.9 Å². The molecule has 1 amide bonds. The Balaban J connectivity index is 1.64. The lowest BCUT2D eigenvalue weighted by molar-refractivity contribution is 0.0945. The van der Waals surface area contributed by atoms with Crippen LogP contribution in [0.3, 0.4) is 0 Å². The number of aromatic nitrogens is 4. The number of H-pyrrole nitrogens is 2. The van der Waals surface area contributed by atoms with Gasteiger partial charge in [-0.3, -0.25) is 15.0 Å². The van der Waals surface area contributed by atoms with Crippen LogP contribution in [0.5, 0.6) is 0 Å². The number of nitrogens with zero attached hydrogens (tertiary/aromatic N) is 2. The van der Waals surface area contributed by atoms with Crippen molar-refractivity contribution in [2.24, 2.45) is 0 Å². The SMILES string of the molecule is Nc1cc(C(=O)NCc2cc(-c3ccccc3)n[nH]2)[nH]n1. The van der Waals surface area contributed by atoms with E-state index in [0.29, 0.717) is 12.2 Å². The van der Waals surface area contributed by atoms with Crippen LogP contribution in [0.4, 0.5) is 5.82 Å². The number of rotatable bonds is 4. The number of hydrogen-bond acceptors (Lipinski definition) is 4. The fourth-order valence-electron chi connectivity index (χ4n) is 1.93. The number of hydrogen-bond donors (Lipinski definition) is 4. The Morgan fingerprint density at radius 2 is 1.95 bits per heavy atom. The molecule has 1 aromatic carbocycles. The average Bonchev–Trinajstić information content (AvgIpc) is 3.15. The van der Waals surface area contributed by atoms with Crippen LogP contribution < -0.4 is 11.1 Å². The molecule has 0 aliphatic rings. The first-order valence-electron chi connectivity index (χ1n) is 6.41. The van der Waals surface area contributed by atoms with Crippen LogP contribution in [0.1, 0.15) is 16.2 Å². The molecule has 0 aliphatic carbocycles. The Hall–Kier alpha value is -3.09. The Morgan fingerprint density at radius 3 is 2.67 bits per heavy atom. The molecule has 0 fully saturated rings. The average molecular weight is 282 g/mol. The third-order valence-electron chi connectivity index (χ3n) is 2.98. The van der Waals surface area contributed by atoms with Crippen LogP contribution >= 0.6 is 0 Å². The highest BCUT2D eigenvalue weighted by atomic mass is 16.1. The van der Waals surface area contributed by atoms with E-state index in [2.05, 4.69) is 25.7 Å². The largest absolute Gasteiger partial charge is 0.382 e. The first-order valence-corrected chi connectivity index (χ1v) is 6.41. The van der Waals surface area contributed by atoms with E-state index in [4.69, 9.17) is 5.73 Å². The van der Waals surface area contributed by atoms with Gasteiger partial charge < -0.3 is 11.1 Å². The van der Waals surface area contributed by atoms with Gasteiger partial charge in [-0.05, 0) is 6.07 Å². The highest BCUT2D eigenvalue weighted by Crippen LogP contribution is 2.16. The van der Waals surface area contributed by atoms with E-state index < -0.39 is 0 Å². The number of nitrogens with two attached hydrogens (primary N) is 1. The van der Waals surface area contributed by atoms with Gasteiger partial charge in [0.1, 0.15) is 11.5 Å². The van der Waals surface area contributed by atoms with Gasteiger partial charge in [-0.15, -0.1) is 0 Å². The van der Waals surface area contributed by atoms with Crippen molar-refractivity contribution < 1.29 is 4.79 Å². The second-order valence-corrected chi connectivity index (χ2v) is 4.53. The minimum Gasteiger partial charge on any atom is -0.382 e. The van der Waals surface area contributed by atoms with Crippen molar-refractivity contribution in [3.8, 4) is 11.3 Å². The van der Waals surface area contributed by atoms with Crippen LogP contribution in [-0.2, 0) is 6.54 Å². The predicted molar refractivity (Wildman–Crippen MR) is 78.2 cm³/mol. The molecule has 0 atom stereocenters. The molecule has 0 aliphatic heterocycles. The number of carbonyl (C=O) groups excluding carboxylic acids is 1. The molecule has 2 heterocycles. The summed E-state index contributed by atoms with van der Waals surface area (Å²) in [6, 6.07) is 13.2. The summed E-state index contributed by atoms with van der Waals surface area (Å²) in [5, 5.41) is 16.2. The van der Waals surface area contributed by atoms with E-state index in [1.165, 1.54) is 6.07 Å². The molecule has 3 aromatic rings. The molecular weight excluding hydrogens is 268 g/mol. The monoisotopic (exact) mass is 282 g/mol. The standard InChI is InChI=1S/C14H14N6O/c15-13-7-12(19-20-13)14(21)16-8-10-6-11(18-17-10)9-4-2-1-3-5-9/h1-7H,8H2,(H,16,21)(H,17,18)(H3,15,19,20). The summed E-state index contributed by atoms with van der Waals surface area (Å²) < 4.78 is 0. The van der Waals surface area contributed by atoms with E-state index in [9.17, 15) is 4.79 Å². The van der Waals surface area contributed by atoms with Gasteiger partial charge >= 0.3 is 0 Å². The molecule has 0 radical (unpaired) electrons. The minimum absolute atomic E-state index is 0.268. The number of carbonyl (C=O) groups is 1. The molecule has 0 saturated carbocycles. The summed E-state index contributed by atoms with van der Waals surface area (Å²) in [7, 11) is 0. The Morgan fingerprint density at radius 1 is 1.14 bits per heavy atom. The topological polar surface area (TPSA) is 112 Å². The molecule has 5 N–H and O–H groups in total. The number of anilines is 1. The lowest BCUT2D eigenvalue weighted by atomic mass is 10.1. The van der Waals surface area contributed by atoms with Crippen molar-refractivity contribution >= 4 is 11.7 Å². The van der Waals surface area contributed by atoms with Gasteiger partial charge in [0, 0.05) is 11.6 Å². The lowest BCUT2D eigenvalue weighted by Crippen LogP contribution is -2.23. The van der Waals surface area contributed by atoms with Gasteiger partial charge in [-0.25, -0.2) is 0 Å². The van der Waals surface area contributed by atoms with Crippen molar-refractivity contribution in [3.63, 3.8) is 0 Å². The van der Waals surface area contributed by atoms with Crippen molar-refractivity contribution in [1.29, 1.82) is 0 Å². The van der Waals surface area contributed by atoms with E-state index in [0.717, 1.165) is 17.0 Å². The Labute approximate surface area is 120 Å². The number of nitrogen functional groups attached to an aromatic ring is 1. The predicted octanol–water partition coefficient (Wildman–Crippen LogP) is 1.31. The molecule has 0 spiro atoms. The molecule has 0 saturated heterocycles. The van der Waals surface area contributed by atoms with Gasteiger partial charge in [-0.2, -0.15) is 10.2 Å². The molecule has 21 heavy (non-hydrogen) atoms. The maximum absolute atomic E-state index is 11.8. The highest BCUT2D eigenvalue weighted by Gasteiger charge is 2.09. The summed E-state index contributed by atoms with van der Waals surface area (Å²) in [5.41, 5.74) is 8.46. The zero-order valence-corrected chi connectivity index (χ0v) is 11.1. The first kappa shape index (κ1) is 12.9. The molecular formula is C14H14N6O. The molecule has 0 unspecified atom stereocenters. The second kappa shape index (κ2) is 5.49. The molecule has 3 rings (SSSR count). The third kappa shape index (κ3) is 2.92. The second-order valence-electron chi connectivity index (χ2n) is 4.53. The molecule has 7 nitrogen and oxygen atoms in total. The van der Waals surface area contributed by atoms with Gasteiger partial charge in [-0.1, -0.05) is 30.3 Å². The fourth-order valence-corrected chi connectivity index (χ4v) is 1.93.